The standard InChI is InChI=1S/C10H7ClN4O/c1-15-6-13-10(14-15)16-9-4-2-3-8(11)7(9)5-12/h2-4,6H,1H3. The van der Waals surface area contributed by atoms with Crippen LogP contribution in [0.2, 0.25) is 5.02 Å². The van der Waals surface area contributed by atoms with Gasteiger partial charge in [0.2, 0.25) is 0 Å². The van der Waals surface area contributed by atoms with Gasteiger partial charge in [-0.25, -0.2) is 0 Å². The maximum atomic E-state index is 8.92. The summed E-state index contributed by atoms with van der Waals surface area (Å²) in [6.07, 6.45) is 1.51. The van der Waals surface area contributed by atoms with Crippen molar-refractivity contribution in [3.8, 4) is 17.8 Å². The molecule has 5 nitrogen and oxygen atoms in total. The monoisotopic (exact) mass is 234 g/mol. The third-order valence-electron chi connectivity index (χ3n) is 1.87. The van der Waals surface area contributed by atoms with E-state index in [2.05, 4.69) is 10.1 Å². The average Bonchev–Trinajstić information content (AvgIpc) is 2.64. The van der Waals surface area contributed by atoms with Crippen LogP contribution < -0.4 is 4.74 Å². The van der Waals surface area contributed by atoms with Gasteiger partial charge >= 0.3 is 6.01 Å². The highest BCUT2D eigenvalue weighted by Crippen LogP contribution is 2.27. The van der Waals surface area contributed by atoms with Crippen molar-refractivity contribution in [2.45, 2.75) is 0 Å². The van der Waals surface area contributed by atoms with Gasteiger partial charge in [-0.3, -0.25) is 4.68 Å². The molecule has 0 unspecified atom stereocenters. The van der Waals surface area contributed by atoms with Crippen LogP contribution in [0.1, 0.15) is 5.56 Å². The number of aryl methyl sites for hydroxylation is 1. The lowest BCUT2D eigenvalue weighted by molar-refractivity contribution is 0.437. The Labute approximate surface area is 96.9 Å². The third kappa shape index (κ3) is 1.97. The summed E-state index contributed by atoms with van der Waals surface area (Å²) in [6, 6.07) is 7.11. The second kappa shape index (κ2) is 4.21. The molecule has 2 aromatic rings. The molecule has 1 heterocycles. The molecule has 2 rings (SSSR count). The van der Waals surface area contributed by atoms with Gasteiger partial charge < -0.3 is 4.74 Å². The van der Waals surface area contributed by atoms with E-state index in [0.29, 0.717) is 10.8 Å². The normalized spacial score (nSPS) is 9.81. The van der Waals surface area contributed by atoms with Crippen LogP contribution in [0.3, 0.4) is 0 Å². The predicted octanol–water partition coefficient (Wildman–Crippen LogP) is 2.13. The second-order valence-electron chi connectivity index (χ2n) is 3.03. The van der Waals surface area contributed by atoms with Crippen LogP contribution in [-0.2, 0) is 7.05 Å². The number of hydrogen-bond acceptors (Lipinski definition) is 4. The Balaban J connectivity index is 2.35. The molecule has 0 N–H and O–H groups in total. The Morgan fingerprint density at radius 1 is 1.50 bits per heavy atom. The van der Waals surface area contributed by atoms with E-state index >= 15 is 0 Å². The highest BCUT2D eigenvalue weighted by Gasteiger charge is 2.10. The minimum Gasteiger partial charge on any atom is -0.422 e. The van der Waals surface area contributed by atoms with E-state index < -0.39 is 0 Å². The van der Waals surface area contributed by atoms with Crippen molar-refractivity contribution in [1.82, 2.24) is 14.8 Å². The molecule has 1 aromatic carbocycles. The van der Waals surface area contributed by atoms with Gasteiger partial charge in [0.1, 0.15) is 23.7 Å². The largest absolute Gasteiger partial charge is 0.422 e. The van der Waals surface area contributed by atoms with Gasteiger partial charge in [0.15, 0.2) is 0 Å². The summed E-state index contributed by atoms with van der Waals surface area (Å²) < 4.78 is 6.86. The molecule has 0 amide bonds. The Kier molecular flexibility index (Phi) is 2.75. The Morgan fingerprint density at radius 2 is 2.31 bits per heavy atom. The van der Waals surface area contributed by atoms with E-state index in [1.807, 2.05) is 6.07 Å². The van der Waals surface area contributed by atoms with Crippen molar-refractivity contribution < 1.29 is 4.74 Å². The molecular formula is C10H7ClN4O. The quantitative estimate of drug-likeness (QED) is 0.799. The number of nitrogens with zero attached hydrogens (tertiary/aromatic N) is 4. The van der Waals surface area contributed by atoms with Crippen molar-refractivity contribution >= 4 is 11.6 Å². The summed E-state index contributed by atoms with van der Waals surface area (Å²) >= 11 is 5.85. The summed E-state index contributed by atoms with van der Waals surface area (Å²) in [4.78, 5) is 3.89. The Bertz CT molecular complexity index is 558. The molecule has 0 atom stereocenters. The van der Waals surface area contributed by atoms with Gasteiger partial charge in [0, 0.05) is 7.05 Å². The number of hydrogen-bond donors (Lipinski definition) is 0. The van der Waals surface area contributed by atoms with E-state index in [4.69, 9.17) is 21.6 Å². The number of ether oxygens (including phenoxy) is 1. The predicted molar refractivity (Wildman–Crippen MR) is 57.2 cm³/mol. The molecule has 0 saturated carbocycles. The van der Waals surface area contributed by atoms with Crippen LogP contribution in [0, 0.1) is 11.3 Å². The van der Waals surface area contributed by atoms with Gasteiger partial charge in [-0.15, -0.1) is 5.10 Å². The molecule has 1 aromatic heterocycles. The number of halogens is 1. The Morgan fingerprint density at radius 3 is 2.94 bits per heavy atom. The first-order chi connectivity index (χ1) is 7.70. The van der Waals surface area contributed by atoms with Crippen molar-refractivity contribution in [2.24, 2.45) is 7.05 Å². The zero-order valence-electron chi connectivity index (χ0n) is 8.38. The van der Waals surface area contributed by atoms with E-state index in [1.165, 1.54) is 11.0 Å². The van der Waals surface area contributed by atoms with Gasteiger partial charge in [-0.05, 0) is 12.1 Å². The summed E-state index contributed by atoms with van der Waals surface area (Å²) in [7, 11) is 1.73. The average molecular weight is 235 g/mol. The molecule has 0 aliphatic heterocycles. The van der Waals surface area contributed by atoms with Crippen molar-refractivity contribution in [1.29, 1.82) is 5.26 Å². The van der Waals surface area contributed by atoms with E-state index in [9.17, 15) is 0 Å². The minimum atomic E-state index is 0.182. The van der Waals surface area contributed by atoms with E-state index in [0.717, 1.165) is 0 Å². The minimum absolute atomic E-state index is 0.182. The van der Waals surface area contributed by atoms with Crippen LogP contribution >= 0.6 is 11.6 Å². The summed E-state index contributed by atoms with van der Waals surface area (Å²) in [6.45, 7) is 0. The first-order valence-electron chi connectivity index (χ1n) is 4.43. The lowest BCUT2D eigenvalue weighted by atomic mass is 10.2. The number of nitriles is 1. The van der Waals surface area contributed by atoms with Crippen LogP contribution in [0.15, 0.2) is 24.5 Å². The SMILES string of the molecule is Cn1cnc(Oc2cccc(Cl)c2C#N)n1. The fourth-order valence-corrected chi connectivity index (χ4v) is 1.37. The van der Waals surface area contributed by atoms with Gasteiger partial charge in [0.25, 0.3) is 0 Å². The number of benzene rings is 1. The van der Waals surface area contributed by atoms with E-state index in [1.54, 1.807) is 25.2 Å². The van der Waals surface area contributed by atoms with Crippen LogP contribution in [0.4, 0.5) is 0 Å². The summed E-state index contributed by atoms with van der Waals surface area (Å²) in [5.74, 6) is 0.348. The molecule has 0 aliphatic carbocycles. The fraction of sp³-hybridized carbons (Fsp3) is 0.100. The molecule has 0 aliphatic rings. The van der Waals surface area contributed by atoms with Gasteiger partial charge in [0.05, 0.1) is 5.02 Å². The highest BCUT2D eigenvalue weighted by atomic mass is 35.5. The second-order valence-corrected chi connectivity index (χ2v) is 3.43. The van der Waals surface area contributed by atoms with Crippen LogP contribution in [-0.4, -0.2) is 14.8 Å². The lowest BCUT2D eigenvalue weighted by Crippen LogP contribution is -1.92. The van der Waals surface area contributed by atoms with Crippen LogP contribution in [0.5, 0.6) is 11.8 Å². The maximum Gasteiger partial charge on any atom is 0.341 e. The van der Waals surface area contributed by atoms with Crippen molar-refractivity contribution in [3.05, 3.63) is 35.1 Å². The maximum absolute atomic E-state index is 8.92. The molecule has 0 saturated heterocycles. The van der Waals surface area contributed by atoms with E-state index in [-0.39, 0.29) is 11.6 Å². The van der Waals surface area contributed by atoms with Crippen molar-refractivity contribution in [3.63, 3.8) is 0 Å². The molecule has 0 spiro atoms. The molecule has 0 fully saturated rings. The van der Waals surface area contributed by atoms with Crippen LogP contribution in [0.25, 0.3) is 0 Å². The Hall–Kier alpha value is -2.06. The molecule has 16 heavy (non-hydrogen) atoms. The summed E-state index contributed by atoms with van der Waals surface area (Å²) in [5.41, 5.74) is 0.275. The molecular weight excluding hydrogens is 228 g/mol. The number of rotatable bonds is 2. The zero-order chi connectivity index (χ0) is 11.5. The fourth-order valence-electron chi connectivity index (χ4n) is 1.16. The topological polar surface area (TPSA) is 63.7 Å². The first-order valence-corrected chi connectivity index (χ1v) is 4.80. The smallest absolute Gasteiger partial charge is 0.341 e. The molecule has 80 valence electrons. The van der Waals surface area contributed by atoms with Crippen molar-refractivity contribution in [2.75, 3.05) is 0 Å². The molecule has 0 bridgehead atoms. The first kappa shape index (κ1) is 10.5. The third-order valence-corrected chi connectivity index (χ3v) is 2.18. The van der Waals surface area contributed by atoms with Gasteiger partial charge in [-0.2, -0.15) is 10.2 Å². The highest BCUT2D eigenvalue weighted by molar-refractivity contribution is 6.31. The number of aromatic nitrogens is 3. The zero-order valence-corrected chi connectivity index (χ0v) is 9.14. The molecule has 6 heteroatoms. The summed E-state index contributed by atoms with van der Waals surface area (Å²) in [5, 5.41) is 13.2. The lowest BCUT2D eigenvalue weighted by Gasteiger charge is -2.03. The molecule has 0 radical (unpaired) electrons. The van der Waals surface area contributed by atoms with Gasteiger partial charge in [-0.1, -0.05) is 17.7 Å².